The van der Waals surface area contributed by atoms with E-state index in [-0.39, 0.29) is 18.3 Å². The number of piperazine rings is 1. The van der Waals surface area contributed by atoms with Crippen LogP contribution in [0.3, 0.4) is 0 Å². The lowest BCUT2D eigenvalue weighted by atomic mass is 10.1. The van der Waals surface area contributed by atoms with E-state index in [4.69, 9.17) is 4.74 Å². The Morgan fingerprint density at radius 2 is 2.00 bits per heavy atom. The zero-order chi connectivity index (χ0) is 17.3. The molecule has 1 aliphatic heterocycles. The van der Waals surface area contributed by atoms with Crippen molar-refractivity contribution in [1.82, 2.24) is 15.5 Å². The van der Waals surface area contributed by atoms with Gasteiger partial charge in [-0.05, 0) is 49.8 Å². The van der Waals surface area contributed by atoms with Gasteiger partial charge in [0.15, 0.2) is 0 Å². The molecule has 0 unspecified atom stereocenters. The van der Waals surface area contributed by atoms with Crippen molar-refractivity contribution in [1.29, 1.82) is 0 Å². The summed E-state index contributed by atoms with van der Waals surface area (Å²) in [6, 6.07) is 8.22. The van der Waals surface area contributed by atoms with Gasteiger partial charge in [-0.3, -0.25) is 9.69 Å². The molecule has 1 aliphatic carbocycles. The van der Waals surface area contributed by atoms with E-state index in [0.717, 1.165) is 51.4 Å². The predicted octanol–water partition coefficient (Wildman–Crippen LogP) is 2.38. The van der Waals surface area contributed by atoms with Crippen molar-refractivity contribution in [2.24, 2.45) is 0 Å². The van der Waals surface area contributed by atoms with Crippen molar-refractivity contribution in [2.45, 2.75) is 44.6 Å². The number of amides is 1. The van der Waals surface area contributed by atoms with Crippen LogP contribution in [0.1, 0.15) is 37.7 Å². The summed E-state index contributed by atoms with van der Waals surface area (Å²) in [4.78, 5) is 14.4. The van der Waals surface area contributed by atoms with Crippen LogP contribution in [0.25, 0.3) is 0 Å². The minimum absolute atomic E-state index is 0. The smallest absolute Gasteiger partial charge is 0.220 e. The quantitative estimate of drug-likeness (QED) is 0.726. The molecule has 5 nitrogen and oxygen atoms in total. The lowest BCUT2D eigenvalue weighted by Gasteiger charge is -2.27. The number of rotatable bonds is 8. The van der Waals surface area contributed by atoms with Crippen LogP contribution in [0.5, 0.6) is 5.75 Å². The first kappa shape index (κ1) is 21.0. The van der Waals surface area contributed by atoms with Gasteiger partial charge < -0.3 is 15.4 Å². The number of carbonyl (C=O) groups excluding carboxylic acids is 1. The van der Waals surface area contributed by atoms with Crippen molar-refractivity contribution in [3.05, 3.63) is 29.8 Å². The van der Waals surface area contributed by atoms with Gasteiger partial charge in [0, 0.05) is 45.7 Å². The molecule has 0 radical (unpaired) electrons. The Bertz CT molecular complexity index is 544. The van der Waals surface area contributed by atoms with Crippen LogP contribution in [-0.4, -0.2) is 56.2 Å². The van der Waals surface area contributed by atoms with E-state index in [1.165, 1.54) is 31.2 Å². The molecule has 1 aromatic rings. The summed E-state index contributed by atoms with van der Waals surface area (Å²) in [5.41, 5.74) is 1.17. The molecule has 146 valence electrons. The van der Waals surface area contributed by atoms with Crippen LogP contribution in [0.2, 0.25) is 0 Å². The number of aryl methyl sites for hydroxylation is 1. The Morgan fingerprint density at radius 1 is 1.23 bits per heavy atom. The Labute approximate surface area is 163 Å². The second-order valence-electron chi connectivity index (χ2n) is 7.11. The Hall–Kier alpha value is -1.30. The van der Waals surface area contributed by atoms with Gasteiger partial charge in [0.1, 0.15) is 5.75 Å². The van der Waals surface area contributed by atoms with E-state index < -0.39 is 0 Å². The van der Waals surface area contributed by atoms with Crippen LogP contribution in [0.4, 0.5) is 0 Å². The maximum absolute atomic E-state index is 12.0. The van der Waals surface area contributed by atoms with Crippen molar-refractivity contribution in [3.8, 4) is 5.75 Å². The highest BCUT2D eigenvalue weighted by Gasteiger charge is 2.16. The molecule has 0 aromatic heterocycles. The average molecular weight is 382 g/mol. The summed E-state index contributed by atoms with van der Waals surface area (Å²) in [7, 11) is 0. The second-order valence-corrected chi connectivity index (χ2v) is 7.11. The number of hydrogen-bond acceptors (Lipinski definition) is 4. The molecule has 26 heavy (non-hydrogen) atoms. The third-order valence-electron chi connectivity index (χ3n) is 5.10. The zero-order valence-electron chi connectivity index (χ0n) is 15.5. The highest BCUT2D eigenvalue weighted by atomic mass is 35.5. The first-order chi connectivity index (χ1) is 12.3. The molecule has 0 spiro atoms. The number of carbonyl (C=O) groups is 1. The molecule has 1 saturated heterocycles. The third kappa shape index (κ3) is 7.14. The fourth-order valence-electron chi connectivity index (χ4n) is 3.61. The predicted molar refractivity (Wildman–Crippen MR) is 107 cm³/mol. The van der Waals surface area contributed by atoms with E-state index in [2.05, 4.69) is 27.7 Å². The highest BCUT2D eigenvalue weighted by molar-refractivity contribution is 5.85. The molecule has 1 amide bonds. The summed E-state index contributed by atoms with van der Waals surface area (Å²) in [5.74, 6) is 1.08. The molecule has 1 heterocycles. The number of hydrogen-bond donors (Lipinski definition) is 2. The Morgan fingerprint density at radius 3 is 2.77 bits per heavy atom. The molecule has 1 aromatic carbocycles. The minimum Gasteiger partial charge on any atom is -0.490 e. The van der Waals surface area contributed by atoms with E-state index in [0.29, 0.717) is 12.5 Å². The van der Waals surface area contributed by atoms with Crippen molar-refractivity contribution < 1.29 is 9.53 Å². The fraction of sp³-hybridized carbons (Fsp3) is 0.650. The number of nitrogens with one attached hydrogen (secondary N) is 2. The molecule has 2 N–H and O–H groups in total. The van der Waals surface area contributed by atoms with Crippen LogP contribution in [-0.2, 0) is 11.2 Å². The fourth-order valence-corrected chi connectivity index (χ4v) is 3.61. The molecule has 1 saturated carbocycles. The highest BCUT2D eigenvalue weighted by Crippen LogP contribution is 2.24. The number of benzene rings is 1. The summed E-state index contributed by atoms with van der Waals surface area (Å²) >= 11 is 0. The summed E-state index contributed by atoms with van der Waals surface area (Å²) in [5, 5.41) is 6.38. The molecular weight excluding hydrogens is 350 g/mol. The van der Waals surface area contributed by atoms with Gasteiger partial charge in [-0.15, -0.1) is 12.4 Å². The molecule has 0 bridgehead atoms. The van der Waals surface area contributed by atoms with E-state index in [9.17, 15) is 4.79 Å². The van der Waals surface area contributed by atoms with Crippen LogP contribution < -0.4 is 15.4 Å². The molecular formula is C20H32ClN3O2. The van der Waals surface area contributed by atoms with Crippen LogP contribution in [0.15, 0.2) is 24.3 Å². The number of ether oxygens (including phenoxy) is 1. The van der Waals surface area contributed by atoms with Crippen molar-refractivity contribution in [3.63, 3.8) is 0 Å². The molecule has 2 fully saturated rings. The van der Waals surface area contributed by atoms with Crippen molar-refractivity contribution >= 4 is 18.3 Å². The monoisotopic (exact) mass is 381 g/mol. The largest absolute Gasteiger partial charge is 0.490 e. The van der Waals surface area contributed by atoms with E-state index in [1.807, 2.05) is 12.1 Å². The average Bonchev–Trinajstić information content (AvgIpc) is 3.14. The SMILES string of the molecule is Cl.O=C(CCc1cccc(OC2CCCC2)c1)NCCN1CCNCC1. The normalized spacial score (nSPS) is 18.3. The zero-order valence-corrected chi connectivity index (χ0v) is 16.4. The molecule has 0 atom stereocenters. The number of halogens is 1. The van der Waals surface area contributed by atoms with E-state index in [1.54, 1.807) is 0 Å². The third-order valence-corrected chi connectivity index (χ3v) is 5.10. The Kier molecular flexibility index (Phi) is 9.23. The molecule has 6 heteroatoms. The maximum Gasteiger partial charge on any atom is 0.220 e. The summed E-state index contributed by atoms with van der Waals surface area (Å²) in [6.07, 6.45) is 6.56. The van der Waals surface area contributed by atoms with Gasteiger partial charge >= 0.3 is 0 Å². The van der Waals surface area contributed by atoms with Gasteiger partial charge in [0.2, 0.25) is 5.91 Å². The van der Waals surface area contributed by atoms with Gasteiger partial charge in [0.05, 0.1) is 6.10 Å². The van der Waals surface area contributed by atoms with Crippen LogP contribution >= 0.6 is 12.4 Å². The first-order valence-electron chi connectivity index (χ1n) is 9.75. The standard InChI is InChI=1S/C20H31N3O2.ClH/c24-20(22-12-15-23-13-10-21-11-14-23)9-8-17-4-3-7-19(16-17)25-18-5-1-2-6-18;/h3-4,7,16,18,21H,1-2,5-6,8-15H2,(H,22,24);1H. The summed E-state index contributed by atoms with van der Waals surface area (Å²) < 4.78 is 6.04. The van der Waals surface area contributed by atoms with E-state index >= 15 is 0 Å². The summed E-state index contributed by atoms with van der Waals surface area (Å²) in [6.45, 7) is 5.93. The van der Waals surface area contributed by atoms with Gasteiger partial charge in [-0.1, -0.05) is 12.1 Å². The second kappa shape index (κ2) is 11.4. The Balaban J connectivity index is 0.00000243. The van der Waals surface area contributed by atoms with Gasteiger partial charge in [-0.2, -0.15) is 0 Å². The number of nitrogens with zero attached hydrogens (tertiary/aromatic N) is 1. The maximum atomic E-state index is 12.0. The molecule has 2 aliphatic rings. The first-order valence-corrected chi connectivity index (χ1v) is 9.75. The lowest BCUT2D eigenvalue weighted by molar-refractivity contribution is -0.121. The van der Waals surface area contributed by atoms with Crippen LogP contribution in [0, 0.1) is 0 Å². The van der Waals surface area contributed by atoms with Gasteiger partial charge in [0.25, 0.3) is 0 Å². The van der Waals surface area contributed by atoms with Gasteiger partial charge in [-0.25, -0.2) is 0 Å². The topological polar surface area (TPSA) is 53.6 Å². The lowest BCUT2D eigenvalue weighted by Crippen LogP contribution is -2.46. The minimum atomic E-state index is 0. The molecule has 3 rings (SSSR count). The van der Waals surface area contributed by atoms with Crippen molar-refractivity contribution in [2.75, 3.05) is 39.3 Å².